The van der Waals surface area contributed by atoms with E-state index in [9.17, 15) is 9.59 Å². The van der Waals surface area contributed by atoms with E-state index in [0.29, 0.717) is 0 Å². The Morgan fingerprint density at radius 1 is 0.727 bits per heavy atom. The van der Waals surface area contributed by atoms with Crippen molar-refractivity contribution in [1.82, 2.24) is 0 Å². The Labute approximate surface area is 150 Å². The molecule has 0 bridgehead atoms. The van der Waals surface area contributed by atoms with Crippen molar-refractivity contribution >= 4 is 45.7 Å². The van der Waals surface area contributed by atoms with Crippen molar-refractivity contribution in [2.75, 3.05) is 0 Å². The molecule has 0 aliphatic rings. The zero-order chi connectivity index (χ0) is 17.2. The average Bonchev–Trinajstić information content (AvgIpc) is 2.36. The van der Waals surface area contributed by atoms with Crippen LogP contribution in [0.4, 0.5) is 0 Å². The molecular weight excluding hydrogens is 503 g/mol. The summed E-state index contributed by atoms with van der Waals surface area (Å²) >= 11 is -0.631. The van der Waals surface area contributed by atoms with Crippen LogP contribution in [0.25, 0.3) is 0 Å². The van der Waals surface area contributed by atoms with E-state index in [1.165, 1.54) is 0 Å². The van der Waals surface area contributed by atoms with Crippen LogP contribution in [0, 0.1) is 34.5 Å². The van der Waals surface area contributed by atoms with Crippen LogP contribution in [0.5, 0.6) is 0 Å². The Bertz CT molecular complexity index is 523. The molecule has 0 saturated heterocycles. The van der Waals surface area contributed by atoms with Gasteiger partial charge in [-0.1, -0.05) is 0 Å². The van der Waals surface area contributed by atoms with E-state index in [-0.39, 0.29) is 56.5 Å². The fraction of sp³-hybridized carbons (Fsp3) is 0.444. The number of allylic oxidation sites excluding steroid dienone is 2. The maximum absolute atomic E-state index is 11.5. The third-order valence-corrected chi connectivity index (χ3v) is 9.84. The number of hydrogen-bond acceptors (Lipinski definition) is 2. The fourth-order valence-corrected chi connectivity index (χ4v) is 6.80. The first-order valence-electron chi connectivity index (χ1n) is 6.79. The molecule has 0 rings (SSSR count). The van der Waals surface area contributed by atoms with Gasteiger partial charge in [-0.25, -0.2) is 0 Å². The van der Waals surface area contributed by atoms with Gasteiger partial charge in [0.25, 0.3) is 0 Å². The van der Waals surface area contributed by atoms with Crippen molar-refractivity contribution in [1.29, 1.82) is 0 Å². The molecule has 0 atom stereocenters. The Hall–Kier alpha value is -0.481. The van der Waals surface area contributed by atoms with Crippen molar-refractivity contribution in [2.24, 2.45) is 10.8 Å². The molecule has 0 saturated carbocycles. The van der Waals surface area contributed by atoms with Crippen LogP contribution in [0.1, 0.15) is 41.5 Å². The van der Waals surface area contributed by atoms with Crippen molar-refractivity contribution in [3.8, 4) is 23.7 Å². The van der Waals surface area contributed by atoms with E-state index in [1.807, 2.05) is 49.8 Å². The van der Waals surface area contributed by atoms with Gasteiger partial charge in [0, 0.05) is 0 Å². The van der Waals surface area contributed by atoms with Gasteiger partial charge >= 0.3 is 152 Å². The second-order valence-corrected chi connectivity index (χ2v) is 16.5. The SMILES string of the molecule is CC(C)(C)C#CC(=O)/C=C/[Te][Te]/C=C/C(=O)C#CC(C)(C)C. The molecular formula is C18H22O2Te2. The monoisotopic (exact) mass is 530 g/mol. The van der Waals surface area contributed by atoms with Gasteiger partial charge in [-0.2, -0.15) is 0 Å². The first-order valence-corrected chi connectivity index (χ1v) is 16.8. The van der Waals surface area contributed by atoms with Crippen LogP contribution >= 0.6 is 0 Å². The molecule has 0 N–H and O–H groups in total. The van der Waals surface area contributed by atoms with Gasteiger partial charge in [0.1, 0.15) is 0 Å². The summed E-state index contributed by atoms with van der Waals surface area (Å²) in [6.07, 6.45) is 3.14. The van der Waals surface area contributed by atoms with Crippen molar-refractivity contribution in [3.05, 3.63) is 20.4 Å². The van der Waals surface area contributed by atoms with E-state index in [0.717, 1.165) is 0 Å². The Kier molecular flexibility index (Phi) is 10.1. The minimum absolute atomic E-state index is 0.136. The molecule has 0 aromatic rings. The first-order chi connectivity index (χ1) is 9.99. The summed E-state index contributed by atoms with van der Waals surface area (Å²) in [4.78, 5) is 23.0. The van der Waals surface area contributed by atoms with Gasteiger partial charge in [-0.05, 0) is 0 Å². The van der Waals surface area contributed by atoms with Gasteiger partial charge in [0.2, 0.25) is 0 Å². The van der Waals surface area contributed by atoms with E-state index >= 15 is 0 Å². The molecule has 4 heteroatoms. The van der Waals surface area contributed by atoms with Crippen LogP contribution in [0.2, 0.25) is 0 Å². The second-order valence-electron chi connectivity index (χ2n) is 6.53. The summed E-state index contributed by atoms with van der Waals surface area (Å²) in [5.74, 6) is 10.8. The summed E-state index contributed by atoms with van der Waals surface area (Å²) in [5.41, 5.74) is -0.294. The van der Waals surface area contributed by atoms with E-state index < -0.39 is 0 Å². The fourth-order valence-electron chi connectivity index (χ4n) is 0.825. The maximum atomic E-state index is 11.5. The van der Waals surface area contributed by atoms with Crippen LogP contribution in [-0.2, 0) is 9.59 Å². The number of rotatable bonds is 5. The molecule has 0 aliphatic carbocycles. The summed E-state index contributed by atoms with van der Waals surface area (Å²) in [6, 6.07) is 0. The van der Waals surface area contributed by atoms with Gasteiger partial charge in [0.05, 0.1) is 0 Å². The minimum atomic E-state index is -0.315. The summed E-state index contributed by atoms with van der Waals surface area (Å²) in [5, 5.41) is 0. The molecule has 0 fully saturated rings. The van der Waals surface area contributed by atoms with Crippen molar-refractivity contribution in [3.63, 3.8) is 0 Å². The molecule has 0 unspecified atom stereocenters. The van der Waals surface area contributed by atoms with Gasteiger partial charge in [0.15, 0.2) is 0 Å². The van der Waals surface area contributed by atoms with E-state index in [4.69, 9.17) is 0 Å². The van der Waals surface area contributed by atoms with Crippen LogP contribution in [0.15, 0.2) is 20.4 Å². The Balaban J connectivity index is 4.16. The molecule has 22 heavy (non-hydrogen) atoms. The average molecular weight is 526 g/mol. The normalized spacial score (nSPS) is 11.7. The summed E-state index contributed by atoms with van der Waals surface area (Å²) < 4.78 is 3.92. The molecule has 118 valence electrons. The molecule has 0 spiro atoms. The third-order valence-electron chi connectivity index (χ3n) is 1.73. The van der Waals surface area contributed by atoms with Gasteiger partial charge < -0.3 is 0 Å². The van der Waals surface area contributed by atoms with Crippen LogP contribution in [0.3, 0.4) is 0 Å². The molecule has 0 aliphatic heterocycles. The van der Waals surface area contributed by atoms with Crippen LogP contribution in [-0.4, -0.2) is 45.7 Å². The third kappa shape index (κ3) is 15.9. The van der Waals surface area contributed by atoms with E-state index in [2.05, 4.69) is 23.7 Å². The number of carbonyl (C=O) groups is 2. The van der Waals surface area contributed by atoms with E-state index in [1.54, 1.807) is 12.2 Å². The molecule has 0 aromatic carbocycles. The predicted octanol–water partition coefficient (Wildman–Crippen LogP) is 2.57. The molecule has 0 radical (unpaired) electrons. The molecule has 0 aromatic heterocycles. The number of carbonyl (C=O) groups excluding carboxylic acids is 2. The van der Waals surface area contributed by atoms with Crippen molar-refractivity contribution in [2.45, 2.75) is 41.5 Å². The zero-order valence-corrected chi connectivity index (χ0v) is 18.6. The standard InChI is InChI=1S/C18H22O2Te2/c1-17(2,3)11-7-15(19)9-13-21-22-14-10-16(20)8-12-18(4,5)6/h9-10,13-14H,1-6H3/b13-9+,14-10+. The summed E-state index contributed by atoms with van der Waals surface area (Å²) in [7, 11) is 0. The quantitative estimate of drug-likeness (QED) is 0.182. The second kappa shape index (κ2) is 10.3. The topological polar surface area (TPSA) is 34.1 Å². The number of hydrogen-bond donors (Lipinski definition) is 0. The van der Waals surface area contributed by atoms with Gasteiger partial charge in [-0.15, -0.1) is 0 Å². The zero-order valence-electron chi connectivity index (χ0n) is 13.9. The van der Waals surface area contributed by atoms with Crippen molar-refractivity contribution < 1.29 is 9.59 Å². The number of ketones is 2. The molecule has 0 amide bonds. The predicted molar refractivity (Wildman–Crippen MR) is 94.3 cm³/mol. The Morgan fingerprint density at radius 3 is 1.32 bits per heavy atom. The molecule has 2 nitrogen and oxygen atoms in total. The Morgan fingerprint density at radius 2 is 1.05 bits per heavy atom. The molecule has 0 heterocycles. The van der Waals surface area contributed by atoms with Gasteiger partial charge in [-0.3, -0.25) is 0 Å². The summed E-state index contributed by atoms with van der Waals surface area (Å²) in [6.45, 7) is 11.8. The van der Waals surface area contributed by atoms with Crippen LogP contribution < -0.4 is 0 Å². The first kappa shape index (κ1) is 21.5.